The van der Waals surface area contributed by atoms with Gasteiger partial charge in [-0.15, -0.1) is 0 Å². The molecule has 2 rings (SSSR count). The van der Waals surface area contributed by atoms with Gasteiger partial charge in [0.25, 0.3) is 0 Å². The van der Waals surface area contributed by atoms with Crippen LogP contribution in [0, 0.1) is 13.8 Å². The van der Waals surface area contributed by atoms with Crippen LogP contribution in [0.25, 0.3) is 0 Å². The van der Waals surface area contributed by atoms with E-state index in [1.807, 2.05) is 6.92 Å². The van der Waals surface area contributed by atoms with Gasteiger partial charge < -0.3 is 15.4 Å². The van der Waals surface area contributed by atoms with Crippen LogP contribution in [0.2, 0.25) is 0 Å². The Hall–Kier alpha value is -1.40. The monoisotopic (exact) mass is 279 g/mol. The Morgan fingerprint density at radius 1 is 1.10 bits per heavy atom. The summed E-state index contributed by atoms with van der Waals surface area (Å²) in [5.41, 5.74) is 1.08. The molecular weight excluding hydrogens is 254 g/mol. The summed E-state index contributed by atoms with van der Waals surface area (Å²) in [6.45, 7) is 12.5. The maximum Gasteiger partial charge on any atom is 0.134 e. The molecular formula is C14H25N5O. The van der Waals surface area contributed by atoms with Gasteiger partial charge in [0.15, 0.2) is 0 Å². The van der Waals surface area contributed by atoms with Gasteiger partial charge in [0.1, 0.15) is 17.5 Å². The summed E-state index contributed by atoms with van der Waals surface area (Å²) < 4.78 is 5.35. The highest BCUT2D eigenvalue weighted by Crippen LogP contribution is 2.19. The predicted molar refractivity (Wildman–Crippen MR) is 81.4 cm³/mol. The molecule has 0 aliphatic carbocycles. The van der Waals surface area contributed by atoms with Crippen LogP contribution in [0.15, 0.2) is 0 Å². The Balaban J connectivity index is 1.91. The van der Waals surface area contributed by atoms with E-state index in [0.717, 1.165) is 69.0 Å². The van der Waals surface area contributed by atoms with Crippen molar-refractivity contribution in [3.63, 3.8) is 0 Å². The van der Waals surface area contributed by atoms with Gasteiger partial charge in [-0.1, -0.05) is 0 Å². The third-order valence-electron chi connectivity index (χ3n) is 3.43. The normalized spacial score (nSPS) is 16.1. The molecule has 0 saturated carbocycles. The van der Waals surface area contributed by atoms with Crippen molar-refractivity contribution in [2.75, 3.05) is 56.6 Å². The van der Waals surface area contributed by atoms with Crippen LogP contribution >= 0.6 is 0 Å². The molecule has 1 aromatic heterocycles. The number of nitrogens with zero attached hydrogens (tertiary/aromatic N) is 3. The Morgan fingerprint density at radius 3 is 2.40 bits per heavy atom. The van der Waals surface area contributed by atoms with Crippen LogP contribution in [-0.4, -0.2) is 60.8 Å². The van der Waals surface area contributed by atoms with Crippen LogP contribution < -0.4 is 10.6 Å². The van der Waals surface area contributed by atoms with Gasteiger partial charge in [0.2, 0.25) is 0 Å². The van der Waals surface area contributed by atoms with Gasteiger partial charge in [-0.2, -0.15) is 0 Å². The van der Waals surface area contributed by atoms with Crippen LogP contribution in [0.4, 0.5) is 11.6 Å². The van der Waals surface area contributed by atoms with E-state index >= 15 is 0 Å². The smallest absolute Gasteiger partial charge is 0.134 e. The second-order valence-corrected chi connectivity index (χ2v) is 5.00. The summed E-state index contributed by atoms with van der Waals surface area (Å²) in [6, 6.07) is 0. The minimum absolute atomic E-state index is 0.792. The fourth-order valence-corrected chi connectivity index (χ4v) is 2.30. The van der Waals surface area contributed by atoms with E-state index in [2.05, 4.69) is 39.3 Å². The predicted octanol–water partition coefficient (Wildman–Crippen LogP) is 1.27. The van der Waals surface area contributed by atoms with Gasteiger partial charge in [0, 0.05) is 38.3 Å². The molecule has 0 aromatic carbocycles. The fraction of sp³-hybridized carbons (Fsp3) is 0.714. The fourth-order valence-electron chi connectivity index (χ4n) is 2.30. The maximum absolute atomic E-state index is 5.35. The van der Waals surface area contributed by atoms with Crippen molar-refractivity contribution in [3.8, 4) is 0 Å². The second kappa shape index (κ2) is 7.40. The third kappa shape index (κ3) is 4.05. The average Bonchev–Trinajstić information content (AvgIpc) is 2.45. The molecule has 1 aromatic rings. The summed E-state index contributed by atoms with van der Waals surface area (Å²) in [5.74, 6) is 2.65. The first kappa shape index (κ1) is 15.0. The summed E-state index contributed by atoms with van der Waals surface area (Å²) in [7, 11) is 0. The number of morpholine rings is 1. The van der Waals surface area contributed by atoms with Crippen molar-refractivity contribution in [1.29, 1.82) is 0 Å². The molecule has 0 radical (unpaired) electrons. The first-order valence-corrected chi connectivity index (χ1v) is 7.33. The quantitative estimate of drug-likeness (QED) is 0.817. The molecule has 112 valence electrons. The molecule has 2 heterocycles. The van der Waals surface area contributed by atoms with Crippen LogP contribution in [0.3, 0.4) is 0 Å². The molecule has 6 nitrogen and oxygen atoms in total. The van der Waals surface area contributed by atoms with E-state index in [1.54, 1.807) is 0 Å². The molecule has 6 heteroatoms. The van der Waals surface area contributed by atoms with Crippen molar-refractivity contribution in [2.24, 2.45) is 0 Å². The molecule has 0 bridgehead atoms. The van der Waals surface area contributed by atoms with E-state index in [0.29, 0.717) is 0 Å². The van der Waals surface area contributed by atoms with Crippen molar-refractivity contribution in [1.82, 2.24) is 14.9 Å². The lowest BCUT2D eigenvalue weighted by molar-refractivity contribution is 0.0398. The van der Waals surface area contributed by atoms with Crippen molar-refractivity contribution < 1.29 is 4.74 Å². The van der Waals surface area contributed by atoms with Gasteiger partial charge in [-0.3, -0.25) is 4.90 Å². The molecule has 20 heavy (non-hydrogen) atoms. The SMILES string of the molecule is CCNc1nc(C)nc(NCCN2CCOCC2)c1C. The van der Waals surface area contributed by atoms with Gasteiger partial charge in [-0.25, -0.2) is 9.97 Å². The van der Waals surface area contributed by atoms with E-state index in [9.17, 15) is 0 Å². The minimum Gasteiger partial charge on any atom is -0.379 e. The Labute approximate surface area is 120 Å². The number of hydrogen-bond acceptors (Lipinski definition) is 6. The van der Waals surface area contributed by atoms with Crippen molar-refractivity contribution in [2.45, 2.75) is 20.8 Å². The van der Waals surface area contributed by atoms with Crippen LogP contribution in [0.1, 0.15) is 18.3 Å². The van der Waals surface area contributed by atoms with Crippen LogP contribution in [-0.2, 0) is 4.74 Å². The number of nitrogens with one attached hydrogen (secondary N) is 2. The Bertz CT molecular complexity index is 432. The van der Waals surface area contributed by atoms with Crippen molar-refractivity contribution >= 4 is 11.6 Å². The first-order valence-electron chi connectivity index (χ1n) is 7.33. The summed E-state index contributed by atoms with van der Waals surface area (Å²) in [6.07, 6.45) is 0. The molecule has 0 unspecified atom stereocenters. The zero-order valence-electron chi connectivity index (χ0n) is 12.7. The third-order valence-corrected chi connectivity index (χ3v) is 3.43. The molecule has 1 saturated heterocycles. The molecule has 1 fully saturated rings. The van der Waals surface area contributed by atoms with E-state index < -0.39 is 0 Å². The summed E-state index contributed by atoms with van der Waals surface area (Å²) in [5, 5.41) is 6.71. The molecule has 2 N–H and O–H groups in total. The highest BCUT2D eigenvalue weighted by molar-refractivity contribution is 5.57. The standard InChI is InChI=1S/C14H25N5O/c1-4-15-13-11(2)14(18-12(3)17-13)16-5-6-19-7-9-20-10-8-19/h4-10H2,1-3H3,(H2,15,16,17,18). The molecule has 1 aliphatic rings. The Kier molecular flexibility index (Phi) is 5.55. The zero-order valence-corrected chi connectivity index (χ0v) is 12.7. The van der Waals surface area contributed by atoms with Gasteiger partial charge in [0.05, 0.1) is 13.2 Å². The minimum atomic E-state index is 0.792. The number of aromatic nitrogens is 2. The lowest BCUT2D eigenvalue weighted by Crippen LogP contribution is -2.39. The number of hydrogen-bond donors (Lipinski definition) is 2. The lowest BCUT2D eigenvalue weighted by Gasteiger charge is -2.26. The number of anilines is 2. The Morgan fingerprint density at radius 2 is 1.75 bits per heavy atom. The topological polar surface area (TPSA) is 62.3 Å². The van der Waals surface area contributed by atoms with Crippen LogP contribution in [0.5, 0.6) is 0 Å². The van der Waals surface area contributed by atoms with Gasteiger partial charge >= 0.3 is 0 Å². The van der Waals surface area contributed by atoms with Crippen molar-refractivity contribution in [3.05, 3.63) is 11.4 Å². The highest BCUT2D eigenvalue weighted by atomic mass is 16.5. The molecule has 0 amide bonds. The maximum atomic E-state index is 5.35. The van der Waals surface area contributed by atoms with E-state index in [-0.39, 0.29) is 0 Å². The second-order valence-electron chi connectivity index (χ2n) is 5.00. The first-order chi connectivity index (χ1) is 9.70. The van der Waals surface area contributed by atoms with E-state index in [4.69, 9.17) is 4.74 Å². The largest absolute Gasteiger partial charge is 0.379 e. The lowest BCUT2D eigenvalue weighted by atomic mass is 10.3. The zero-order chi connectivity index (χ0) is 14.4. The number of aryl methyl sites for hydroxylation is 1. The molecule has 1 aliphatic heterocycles. The highest BCUT2D eigenvalue weighted by Gasteiger charge is 2.11. The summed E-state index contributed by atoms with van der Waals surface area (Å²) in [4.78, 5) is 11.3. The average molecular weight is 279 g/mol. The molecule has 0 atom stereocenters. The summed E-state index contributed by atoms with van der Waals surface area (Å²) >= 11 is 0. The van der Waals surface area contributed by atoms with Gasteiger partial charge in [-0.05, 0) is 20.8 Å². The number of ether oxygens (including phenoxy) is 1. The molecule has 0 spiro atoms. The van der Waals surface area contributed by atoms with E-state index in [1.165, 1.54) is 0 Å². The number of rotatable bonds is 6.